The number of carboxylic acid groups (broad SMARTS) is 1. The Kier molecular flexibility index (Phi) is 9.53. The third-order valence-electron chi connectivity index (χ3n) is 7.65. The summed E-state index contributed by atoms with van der Waals surface area (Å²) in [6.07, 6.45) is -10.3. The monoisotopic (exact) mass is 637 g/mol. The molecule has 220 valence electrons. The van der Waals surface area contributed by atoms with Gasteiger partial charge in [-0.05, 0) is 86.7 Å². The first kappa shape index (κ1) is 30.8. The molecule has 0 saturated carbocycles. The SMILES string of the molecule is CC(OC1OCCC(CN2CCC(C(=O)O)CC2)C1c1cccc(Br)c1)c1cc(C(F)(F)F)cc(C(F)(F)F)c1. The lowest BCUT2D eigenvalue weighted by atomic mass is 9.81. The Morgan fingerprint density at radius 1 is 1.05 bits per heavy atom. The predicted octanol–water partition coefficient (Wildman–Crippen LogP) is 7.51. The Labute approximate surface area is 236 Å². The predicted molar refractivity (Wildman–Crippen MR) is 137 cm³/mol. The van der Waals surface area contributed by atoms with Crippen molar-refractivity contribution in [3.63, 3.8) is 0 Å². The topological polar surface area (TPSA) is 59.0 Å². The molecule has 0 radical (unpaired) electrons. The average molecular weight is 638 g/mol. The van der Waals surface area contributed by atoms with Crippen molar-refractivity contribution in [2.45, 2.75) is 56.9 Å². The van der Waals surface area contributed by atoms with Crippen LogP contribution in [0.25, 0.3) is 0 Å². The number of ether oxygens (including phenoxy) is 2. The maximum atomic E-state index is 13.4. The van der Waals surface area contributed by atoms with Crippen molar-refractivity contribution in [2.75, 3.05) is 26.2 Å². The van der Waals surface area contributed by atoms with Gasteiger partial charge in [0.15, 0.2) is 6.29 Å². The van der Waals surface area contributed by atoms with Crippen LogP contribution in [-0.2, 0) is 26.6 Å². The summed E-state index contributed by atoms with van der Waals surface area (Å²) in [4.78, 5) is 13.6. The number of halogens is 7. The second-order valence-corrected chi connectivity index (χ2v) is 11.3. The van der Waals surface area contributed by atoms with Crippen LogP contribution in [0.2, 0.25) is 0 Å². The number of likely N-dealkylation sites (tertiary alicyclic amines) is 1. The lowest BCUT2D eigenvalue weighted by Gasteiger charge is -2.42. The molecule has 2 saturated heterocycles. The molecule has 4 unspecified atom stereocenters. The van der Waals surface area contributed by atoms with Crippen molar-refractivity contribution in [3.8, 4) is 0 Å². The smallest absolute Gasteiger partial charge is 0.416 e. The third kappa shape index (κ3) is 7.57. The van der Waals surface area contributed by atoms with E-state index in [1.54, 1.807) is 0 Å². The van der Waals surface area contributed by atoms with E-state index in [0.29, 0.717) is 57.6 Å². The van der Waals surface area contributed by atoms with Gasteiger partial charge in [-0.1, -0.05) is 28.1 Å². The first-order valence-electron chi connectivity index (χ1n) is 13.0. The Balaban J connectivity index is 1.60. The lowest BCUT2D eigenvalue weighted by Crippen LogP contribution is -2.45. The first-order valence-corrected chi connectivity index (χ1v) is 13.8. The highest BCUT2D eigenvalue weighted by atomic mass is 79.9. The highest BCUT2D eigenvalue weighted by Gasteiger charge is 2.41. The fourth-order valence-electron chi connectivity index (χ4n) is 5.50. The molecule has 4 atom stereocenters. The van der Waals surface area contributed by atoms with Crippen molar-refractivity contribution in [2.24, 2.45) is 11.8 Å². The van der Waals surface area contributed by atoms with E-state index in [2.05, 4.69) is 20.8 Å². The van der Waals surface area contributed by atoms with E-state index in [0.717, 1.165) is 10.0 Å². The molecule has 2 aliphatic heterocycles. The minimum atomic E-state index is -4.96. The van der Waals surface area contributed by atoms with Crippen LogP contribution in [0.15, 0.2) is 46.9 Å². The molecule has 2 heterocycles. The van der Waals surface area contributed by atoms with E-state index < -0.39 is 41.8 Å². The van der Waals surface area contributed by atoms with Crippen molar-refractivity contribution in [1.29, 1.82) is 0 Å². The van der Waals surface area contributed by atoms with E-state index in [9.17, 15) is 36.2 Å². The summed E-state index contributed by atoms with van der Waals surface area (Å²) < 4.78 is 93.6. The van der Waals surface area contributed by atoms with Gasteiger partial charge in [0.25, 0.3) is 0 Å². The molecule has 2 fully saturated rings. The Bertz CT molecular complexity index is 1150. The molecule has 5 nitrogen and oxygen atoms in total. The van der Waals surface area contributed by atoms with Gasteiger partial charge in [-0.15, -0.1) is 0 Å². The number of nitrogens with zero attached hydrogens (tertiary/aromatic N) is 1. The fraction of sp³-hybridized carbons (Fsp3) is 0.536. The van der Waals surface area contributed by atoms with Crippen LogP contribution in [0, 0.1) is 11.8 Å². The second kappa shape index (κ2) is 12.4. The zero-order chi connectivity index (χ0) is 29.2. The van der Waals surface area contributed by atoms with Crippen LogP contribution < -0.4 is 0 Å². The number of rotatable bonds is 7. The summed E-state index contributed by atoms with van der Waals surface area (Å²) in [5.74, 6) is -1.55. The zero-order valence-corrected chi connectivity index (χ0v) is 23.2. The van der Waals surface area contributed by atoms with Gasteiger partial charge in [0.2, 0.25) is 0 Å². The number of alkyl halides is 6. The summed E-state index contributed by atoms with van der Waals surface area (Å²) in [6.45, 7) is 3.58. The lowest BCUT2D eigenvalue weighted by molar-refractivity contribution is -0.210. The van der Waals surface area contributed by atoms with E-state index in [1.807, 2.05) is 24.3 Å². The van der Waals surface area contributed by atoms with Crippen LogP contribution >= 0.6 is 15.9 Å². The van der Waals surface area contributed by atoms with Crippen molar-refractivity contribution < 1.29 is 45.7 Å². The zero-order valence-electron chi connectivity index (χ0n) is 21.6. The standard InChI is InChI=1S/C28H30BrF6NO4/c1-16(20-11-21(27(30,31)32)14-22(12-20)28(33,34)35)40-26-24(18-3-2-4-23(29)13-18)19(7-10-39-26)15-36-8-5-17(6-9-36)25(37)38/h2-4,11-14,16-17,19,24,26H,5-10,15H2,1H3,(H,37,38). The third-order valence-corrected chi connectivity index (χ3v) is 8.15. The molecule has 0 aliphatic carbocycles. The van der Waals surface area contributed by atoms with Crippen molar-refractivity contribution in [1.82, 2.24) is 4.90 Å². The summed E-state index contributed by atoms with van der Waals surface area (Å²) in [5.41, 5.74) is -2.19. The number of benzene rings is 2. The Hall–Kier alpha value is -2.15. The van der Waals surface area contributed by atoms with Crippen molar-refractivity contribution in [3.05, 3.63) is 69.2 Å². The largest absolute Gasteiger partial charge is 0.481 e. The molecular formula is C28H30BrF6NO4. The molecule has 40 heavy (non-hydrogen) atoms. The number of aliphatic carboxylic acids is 1. The summed E-state index contributed by atoms with van der Waals surface area (Å²) in [5, 5.41) is 9.32. The average Bonchev–Trinajstić information content (AvgIpc) is 2.88. The van der Waals surface area contributed by atoms with Crippen LogP contribution in [0.4, 0.5) is 26.3 Å². The normalized spacial score (nSPS) is 24.1. The van der Waals surface area contributed by atoms with Gasteiger partial charge in [0.1, 0.15) is 0 Å². The molecule has 1 N–H and O–H groups in total. The number of piperidine rings is 1. The first-order chi connectivity index (χ1) is 18.7. The minimum absolute atomic E-state index is 0.00567. The van der Waals surface area contributed by atoms with Gasteiger partial charge >= 0.3 is 18.3 Å². The number of hydrogen-bond acceptors (Lipinski definition) is 4. The van der Waals surface area contributed by atoms with Gasteiger partial charge < -0.3 is 19.5 Å². The highest BCUT2D eigenvalue weighted by molar-refractivity contribution is 9.10. The molecule has 4 rings (SSSR count). The summed E-state index contributed by atoms with van der Waals surface area (Å²) in [7, 11) is 0. The van der Waals surface area contributed by atoms with Gasteiger partial charge in [0.05, 0.1) is 29.8 Å². The van der Waals surface area contributed by atoms with Crippen molar-refractivity contribution >= 4 is 21.9 Å². The molecule has 0 spiro atoms. The number of carboxylic acids is 1. The minimum Gasteiger partial charge on any atom is -0.481 e. The van der Waals surface area contributed by atoms with Crippen LogP contribution in [0.5, 0.6) is 0 Å². The quantitative estimate of drug-likeness (QED) is 0.319. The Morgan fingerprint density at radius 3 is 2.23 bits per heavy atom. The van der Waals surface area contributed by atoms with Crippen LogP contribution in [0.3, 0.4) is 0 Å². The second-order valence-electron chi connectivity index (χ2n) is 10.4. The van der Waals surface area contributed by atoms with E-state index >= 15 is 0 Å². The molecule has 0 bridgehead atoms. The maximum Gasteiger partial charge on any atom is 0.416 e. The molecule has 0 aromatic heterocycles. The number of carbonyl (C=O) groups is 1. The van der Waals surface area contributed by atoms with Gasteiger partial charge in [0, 0.05) is 16.9 Å². The van der Waals surface area contributed by atoms with Gasteiger partial charge in [-0.25, -0.2) is 0 Å². The van der Waals surface area contributed by atoms with E-state index in [4.69, 9.17) is 9.47 Å². The van der Waals surface area contributed by atoms with Gasteiger partial charge in [-0.2, -0.15) is 26.3 Å². The molecule has 2 aromatic carbocycles. The maximum absolute atomic E-state index is 13.4. The number of hydrogen-bond donors (Lipinski definition) is 1. The van der Waals surface area contributed by atoms with Crippen LogP contribution in [-0.4, -0.2) is 48.5 Å². The van der Waals surface area contributed by atoms with Gasteiger partial charge in [-0.3, -0.25) is 4.79 Å². The summed E-state index contributed by atoms with van der Waals surface area (Å²) in [6, 6.07) is 8.94. The Morgan fingerprint density at radius 2 is 1.68 bits per heavy atom. The molecule has 2 aromatic rings. The molecule has 2 aliphatic rings. The molecular weight excluding hydrogens is 608 g/mol. The molecule has 12 heteroatoms. The van der Waals surface area contributed by atoms with E-state index in [-0.39, 0.29) is 29.4 Å². The van der Waals surface area contributed by atoms with Crippen LogP contribution in [0.1, 0.15) is 60.5 Å². The summed E-state index contributed by atoms with van der Waals surface area (Å²) >= 11 is 3.47. The fourth-order valence-corrected chi connectivity index (χ4v) is 5.92. The van der Waals surface area contributed by atoms with E-state index in [1.165, 1.54) is 6.92 Å². The highest BCUT2D eigenvalue weighted by Crippen LogP contribution is 2.42. The molecule has 0 amide bonds.